The molecule has 1 aromatic heterocycles. The van der Waals surface area contributed by atoms with E-state index in [0.29, 0.717) is 6.54 Å². The molecule has 0 amide bonds. The van der Waals surface area contributed by atoms with Crippen molar-refractivity contribution < 1.29 is 31.1 Å². The van der Waals surface area contributed by atoms with Gasteiger partial charge in [0.1, 0.15) is 13.1 Å². The molecule has 32 heavy (non-hydrogen) atoms. The zero-order valence-corrected chi connectivity index (χ0v) is 21.0. The first kappa shape index (κ1) is 24.6. The summed E-state index contributed by atoms with van der Waals surface area (Å²) in [7, 11) is 0. The maximum absolute atomic E-state index is 13.0. The van der Waals surface area contributed by atoms with E-state index in [1.165, 1.54) is 16.9 Å². The zero-order chi connectivity index (χ0) is 21.8. The smallest absolute Gasteiger partial charge is 0.262 e. The molecule has 1 saturated heterocycles. The number of halogens is 1. The highest BCUT2D eigenvalue weighted by Gasteiger charge is 2.30. The van der Waals surface area contributed by atoms with E-state index in [9.17, 15) is 4.79 Å². The van der Waals surface area contributed by atoms with E-state index < -0.39 is 0 Å². The van der Waals surface area contributed by atoms with Crippen LogP contribution < -0.4 is 21.5 Å². The van der Waals surface area contributed by atoms with Gasteiger partial charge in [-0.25, -0.2) is 9.13 Å². The molecule has 6 heteroatoms. The van der Waals surface area contributed by atoms with Gasteiger partial charge in [0.15, 0.2) is 16.8 Å². The molecule has 3 aromatic rings. The predicted octanol–water partition coefficient (Wildman–Crippen LogP) is 0.471. The zero-order valence-electron chi connectivity index (χ0n) is 19.4. The molecule has 0 saturated carbocycles. The third-order valence-corrected chi connectivity index (χ3v) is 6.17. The van der Waals surface area contributed by atoms with Crippen LogP contribution in [0, 0.1) is 5.41 Å². The van der Waals surface area contributed by atoms with Crippen LogP contribution in [-0.4, -0.2) is 48.1 Å². The monoisotopic (exact) mass is 499 g/mol. The summed E-state index contributed by atoms with van der Waals surface area (Å²) in [6, 6.07) is 19.0. The fourth-order valence-electron chi connectivity index (χ4n) is 4.19. The number of hydrogen-bond donors (Lipinski definition) is 0. The number of fused-ring (bicyclic) bond motifs is 1. The van der Waals surface area contributed by atoms with Crippen molar-refractivity contribution >= 4 is 16.8 Å². The Hall–Kier alpha value is -2.02. The van der Waals surface area contributed by atoms with Crippen molar-refractivity contribution in [1.29, 1.82) is 0 Å². The van der Waals surface area contributed by atoms with Crippen LogP contribution in [0.3, 0.4) is 0 Å². The number of rotatable bonds is 7. The standard InChI is InChI=1S/C26H34N3O2.BrH/c1-26(2,3)24(30)20-29-23-12-8-7-11-22(23)28(14-13-27-15-17-31-18-16-27)25(29)19-21-9-5-4-6-10-21;/h4-12H,13-20H2,1-3H3;1H/q+1;/p-1. The number of carbonyl (C=O) groups excluding carboxylic acids is 1. The van der Waals surface area contributed by atoms with E-state index in [-0.39, 0.29) is 28.2 Å². The molecule has 0 atom stereocenters. The van der Waals surface area contributed by atoms with Crippen LogP contribution in [0.4, 0.5) is 0 Å². The van der Waals surface area contributed by atoms with Crippen molar-refractivity contribution in [2.45, 2.75) is 40.3 Å². The van der Waals surface area contributed by atoms with Gasteiger partial charge in [0.05, 0.1) is 19.6 Å². The lowest BCUT2D eigenvalue weighted by atomic mass is 9.91. The number of aromatic nitrogens is 2. The number of morpholine rings is 1. The first-order chi connectivity index (χ1) is 14.9. The van der Waals surface area contributed by atoms with E-state index in [0.717, 1.165) is 51.3 Å². The van der Waals surface area contributed by atoms with Gasteiger partial charge in [0.25, 0.3) is 5.82 Å². The molecular formula is C26H34BrN3O2. The summed E-state index contributed by atoms with van der Waals surface area (Å²) >= 11 is 0. The van der Waals surface area contributed by atoms with Crippen LogP contribution in [0.25, 0.3) is 11.0 Å². The van der Waals surface area contributed by atoms with Crippen molar-refractivity contribution in [2.75, 3.05) is 32.8 Å². The van der Waals surface area contributed by atoms with E-state index in [4.69, 9.17) is 4.74 Å². The van der Waals surface area contributed by atoms with Gasteiger partial charge in [-0.2, -0.15) is 0 Å². The van der Waals surface area contributed by atoms with Gasteiger partial charge < -0.3 is 21.7 Å². The van der Waals surface area contributed by atoms with Crippen LogP contribution >= 0.6 is 0 Å². The van der Waals surface area contributed by atoms with Crippen molar-refractivity contribution in [3.05, 3.63) is 66.0 Å². The van der Waals surface area contributed by atoms with E-state index in [2.05, 4.69) is 68.6 Å². The summed E-state index contributed by atoms with van der Waals surface area (Å²) < 4.78 is 10.2. The minimum Gasteiger partial charge on any atom is -1.00 e. The summed E-state index contributed by atoms with van der Waals surface area (Å²) in [6.45, 7) is 11.9. The summed E-state index contributed by atoms with van der Waals surface area (Å²) in [5.74, 6) is 1.45. The van der Waals surface area contributed by atoms with Crippen LogP contribution in [0.2, 0.25) is 0 Å². The third kappa shape index (κ3) is 5.66. The van der Waals surface area contributed by atoms with Crippen LogP contribution in [0.1, 0.15) is 32.2 Å². The highest BCUT2D eigenvalue weighted by molar-refractivity contribution is 5.83. The number of benzene rings is 2. The lowest BCUT2D eigenvalue weighted by molar-refractivity contribution is -0.667. The first-order valence-electron chi connectivity index (χ1n) is 11.3. The lowest BCUT2D eigenvalue weighted by Crippen LogP contribution is -3.00. The highest BCUT2D eigenvalue weighted by Crippen LogP contribution is 2.20. The van der Waals surface area contributed by atoms with Gasteiger partial charge in [-0.15, -0.1) is 0 Å². The van der Waals surface area contributed by atoms with Gasteiger partial charge in [-0.3, -0.25) is 9.69 Å². The molecule has 0 radical (unpaired) electrons. The Labute approximate surface area is 201 Å². The minimum absolute atomic E-state index is 0. The number of hydrogen-bond acceptors (Lipinski definition) is 3. The highest BCUT2D eigenvalue weighted by atomic mass is 79.9. The molecule has 1 aliphatic rings. The Morgan fingerprint density at radius 2 is 1.62 bits per heavy atom. The maximum atomic E-state index is 13.0. The molecule has 0 aliphatic carbocycles. The molecule has 4 rings (SSSR count). The quantitative estimate of drug-likeness (QED) is 0.443. The molecule has 0 bridgehead atoms. The van der Waals surface area contributed by atoms with Gasteiger partial charge in [-0.05, 0) is 17.7 Å². The molecule has 5 nitrogen and oxygen atoms in total. The van der Waals surface area contributed by atoms with Gasteiger partial charge in [0.2, 0.25) is 0 Å². The van der Waals surface area contributed by atoms with Crippen LogP contribution in [0.15, 0.2) is 54.6 Å². The average Bonchev–Trinajstić information content (AvgIpc) is 3.05. The molecular weight excluding hydrogens is 466 g/mol. The molecule has 2 heterocycles. The molecule has 0 spiro atoms. The topological polar surface area (TPSA) is 38.3 Å². The van der Waals surface area contributed by atoms with Gasteiger partial charge in [0, 0.05) is 25.0 Å². The Bertz CT molecular complexity index is 1030. The number of ether oxygens (including phenoxy) is 1. The third-order valence-electron chi connectivity index (χ3n) is 6.17. The van der Waals surface area contributed by atoms with Crippen molar-refractivity contribution in [2.24, 2.45) is 5.41 Å². The molecule has 2 aromatic carbocycles. The number of imidazole rings is 1. The van der Waals surface area contributed by atoms with Crippen molar-refractivity contribution in [3.8, 4) is 0 Å². The number of ketones is 1. The maximum Gasteiger partial charge on any atom is 0.262 e. The number of nitrogens with zero attached hydrogens (tertiary/aromatic N) is 3. The number of para-hydroxylation sites is 2. The molecule has 0 N–H and O–H groups in total. The molecule has 172 valence electrons. The second kappa shape index (κ2) is 10.7. The minimum atomic E-state index is -0.367. The van der Waals surface area contributed by atoms with E-state index in [1.807, 2.05) is 20.8 Å². The SMILES string of the molecule is CC(C)(C)C(=O)C[n+]1c(Cc2ccccc2)n(CCN2CCOCC2)c2ccccc21.[Br-]. The second-order valence-electron chi connectivity index (χ2n) is 9.43. The van der Waals surface area contributed by atoms with Crippen LogP contribution in [-0.2, 0) is 29.0 Å². The Morgan fingerprint density at radius 3 is 2.31 bits per heavy atom. The fourth-order valence-corrected chi connectivity index (χ4v) is 4.19. The lowest BCUT2D eigenvalue weighted by Gasteiger charge is -2.25. The number of Topliss-reactive ketones (excluding diaryl/α,β-unsaturated/α-hetero) is 1. The average molecular weight is 500 g/mol. The summed E-state index contributed by atoms with van der Waals surface area (Å²) in [5, 5.41) is 0. The van der Waals surface area contributed by atoms with Crippen molar-refractivity contribution in [3.63, 3.8) is 0 Å². The largest absolute Gasteiger partial charge is 1.00 e. The molecule has 0 unspecified atom stereocenters. The van der Waals surface area contributed by atoms with Gasteiger partial charge >= 0.3 is 0 Å². The molecule has 1 aliphatic heterocycles. The first-order valence-corrected chi connectivity index (χ1v) is 11.3. The summed E-state index contributed by atoms with van der Waals surface area (Å²) in [6.07, 6.45) is 0.802. The molecule has 1 fully saturated rings. The normalized spacial score (nSPS) is 15.0. The Morgan fingerprint density at radius 1 is 0.969 bits per heavy atom. The Balaban J connectivity index is 0.00000289. The second-order valence-corrected chi connectivity index (χ2v) is 9.43. The van der Waals surface area contributed by atoms with Crippen molar-refractivity contribution in [1.82, 2.24) is 9.47 Å². The Kier molecular flexibility index (Phi) is 8.26. The van der Waals surface area contributed by atoms with E-state index >= 15 is 0 Å². The van der Waals surface area contributed by atoms with Gasteiger partial charge in [-0.1, -0.05) is 63.2 Å². The van der Waals surface area contributed by atoms with Crippen LogP contribution in [0.5, 0.6) is 0 Å². The summed E-state index contributed by atoms with van der Waals surface area (Å²) in [5.41, 5.74) is 3.22. The predicted molar refractivity (Wildman–Crippen MR) is 123 cm³/mol. The summed E-state index contributed by atoms with van der Waals surface area (Å²) in [4.78, 5) is 15.5. The fraction of sp³-hybridized carbons (Fsp3) is 0.462. The number of carbonyl (C=O) groups is 1. The van der Waals surface area contributed by atoms with E-state index in [1.54, 1.807) is 0 Å².